The normalized spacial score (nSPS) is 13.3. The van der Waals surface area contributed by atoms with Crippen molar-refractivity contribution < 1.29 is 23.9 Å². The third-order valence-electron chi connectivity index (χ3n) is 6.18. The molecular weight excluding hydrogens is 474 g/mol. The monoisotopic (exact) mass is 491 g/mol. The summed E-state index contributed by atoms with van der Waals surface area (Å²) < 4.78 is 5.41. The highest BCUT2D eigenvalue weighted by Gasteiger charge is 2.34. The number of hydrogen-bond acceptors (Lipinski definition) is 6. The van der Waals surface area contributed by atoms with Crippen LogP contribution in [0.25, 0.3) is 0 Å². The van der Waals surface area contributed by atoms with Gasteiger partial charge < -0.3 is 4.74 Å². The Morgan fingerprint density at radius 2 is 1.22 bits per heavy atom. The Hall–Kier alpha value is -4.49. The molecule has 0 bridgehead atoms. The van der Waals surface area contributed by atoms with Gasteiger partial charge in [0.15, 0.2) is 18.2 Å². The first-order valence-electron chi connectivity index (χ1n) is 11.2. The maximum atomic E-state index is 13.3. The number of hydrogen-bond donors (Lipinski definition) is 0. The Morgan fingerprint density at radius 3 is 1.89 bits per heavy atom. The van der Waals surface area contributed by atoms with Crippen LogP contribution >= 0.6 is 11.8 Å². The van der Waals surface area contributed by atoms with Crippen molar-refractivity contribution in [1.29, 1.82) is 0 Å². The summed E-state index contributed by atoms with van der Waals surface area (Å²) in [4.78, 5) is 56.0. The molecule has 0 spiro atoms. The average molecular weight is 492 g/mol. The van der Waals surface area contributed by atoms with Gasteiger partial charge in [-0.05, 0) is 30.3 Å². The second kappa shape index (κ2) is 8.62. The van der Waals surface area contributed by atoms with Crippen LogP contribution in [0.2, 0.25) is 0 Å². The molecule has 0 radical (unpaired) electrons. The number of amides is 1. The van der Waals surface area contributed by atoms with Gasteiger partial charge in [-0.2, -0.15) is 0 Å². The van der Waals surface area contributed by atoms with E-state index < -0.39 is 24.3 Å². The van der Waals surface area contributed by atoms with Crippen LogP contribution in [0.4, 0.5) is 11.4 Å². The standard InChI is InChI=1S/C29H17NO5S/c31-25(30-21-12-3-5-14-23(21)36-24-15-6-4-13-22(24)30)16-35-29(34)20-11-7-10-19-26(20)28(33)18-9-2-1-8-17(18)27(19)32/h1-15H,16H2. The molecule has 0 aromatic heterocycles. The second-order valence-electron chi connectivity index (χ2n) is 8.27. The largest absolute Gasteiger partial charge is 0.452 e. The lowest BCUT2D eigenvalue weighted by Gasteiger charge is -2.30. The molecule has 0 fully saturated rings. The number of benzene rings is 4. The van der Waals surface area contributed by atoms with Crippen molar-refractivity contribution >= 4 is 46.6 Å². The zero-order valence-electron chi connectivity index (χ0n) is 18.8. The van der Waals surface area contributed by atoms with Crippen molar-refractivity contribution in [3.63, 3.8) is 0 Å². The van der Waals surface area contributed by atoms with E-state index in [0.717, 1.165) is 9.79 Å². The highest BCUT2D eigenvalue weighted by atomic mass is 32.2. The van der Waals surface area contributed by atoms with Crippen molar-refractivity contribution in [2.24, 2.45) is 0 Å². The number of anilines is 2. The molecule has 0 atom stereocenters. The zero-order chi connectivity index (χ0) is 24.8. The molecule has 1 heterocycles. The quantitative estimate of drug-likeness (QED) is 0.312. The molecule has 0 N–H and O–H groups in total. The molecule has 0 saturated heterocycles. The van der Waals surface area contributed by atoms with Gasteiger partial charge in [0.1, 0.15) is 0 Å². The molecule has 4 aromatic carbocycles. The fourth-order valence-corrected chi connectivity index (χ4v) is 5.62. The van der Waals surface area contributed by atoms with Gasteiger partial charge in [-0.1, -0.05) is 72.4 Å². The van der Waals surface area contributed by atoms with Gasteiger partial charge in [0.25, 0.3) is 5.91 Å². The lowest BCUT2D eigenvalue weighted by molar-refractivity contribution is -0.121. The third kappa shape index (κ3) is 3.44. The van der Waals surface area contributed by atoms with Crippen molar-refractivity contribution in [3.05, 3.63) is 119 Å². The molecule has 2 aliphatic rings. The van der Waals surface area contributed by atoms with E-state index >= 15 is 0 Å². The van der Waals surface area contributed by atoms with E-state index in [0.29, 0.717) is 16.9 Å². The molecular formula is C29H17NO5S. The molecule has 6 nitrogen and oxygen atoms in total. The highest BCUT2D eigenvalue weighted by Crippen LogP contribution is 2.47. The van der Waals surface area contributed by atoms with Gasteiger partial charge in [-0.3, -0.25) is 19.3 Å². The zero-order valence-corrected chi connectivity index (χ0v) is 19.6. The summed E-state index contributed by atoms with van der Waals surface area (Å²) in [6.45, 7) is -0.533. The summed E-state index contributed by atoms with van der Waals surface area (Å²) in [5, 5.41) is 0. The van der Waals surface area contributed by atoms with Crippen LogP contribution in [-0.2, 0) is 9.53 Å². The van der Waals surface area contributed by atoms with Crippen molar-refractivity contribution in [2.45, 2.75) is 9.79 Å². The number of ether oxygens (including phenoxy) is 1. The van der Waals surface area contributed by atoms with Crippen LogP contribution in [0.15, 0.2) is 101 Å². The van der Waals surface area contributed by atoms with E-state index in [4.69, 9.17) is 4.74 Å². The Kier molecular flexibility index (Phi) is 5.27. The van der Waals surface area contributed by atoms with Crippen LogP contribution in [0.1, 0.15) is 42.2 Å². The molecule has 0 saturated carbocycles. The van der Waals surface area contributed by atoms with Crippen molar-refractivity contribution in [1.82, 2.24) is 0 Å². The maximum Gasteiger partial charge on any atom is 0.339 e. The first kappa shape index (κ1) is 22.0. The summed E-state index contributed by atoms with van der Waals surface area (Å²) in [5.41, 5.74) is 2.07. The number of carbonyl (C=O) groups is 4. The van der Waals surface area contributed by atoms with Gasteiger partial charge >= 0.3 is 5.97 Å². The molecule has 1 aliphatic carbocycles. The Morgan fingerprint density at radius 1 is 0.667 bits per heavy atom. The third-order valence-corrected chi connectivity index (χ3v) is 7.31. The SMILES string of the molecule is O=C(OCC(=O)N1c2ccccc2Sc2ccccc21)c1cccc2c1C(=O)c1ccccc1C2=O. The molecule has 1 aliphatic heterocycles. The fourth-order valence-electron chi connectivity index (χ4n) is 4.56. The lowest BCUT2D eigenvalue weighted by Crippen LogP contribution is -2.33. The predicted octanol–water partition coefficient (Wildman–Crippen LogP) is 5.45. The minimum absolute atomic E-state index is 0.00344. The van der Waals surface area contributed by atoms with Crippen molar-refractivity contribution in [2.75, 3.05) is 11.5 Å². The number of rotatable bonds is 3. The number of ketones is 2. The highest BCUT2D eigenvalue weighted by molar-refractivity contribution is 7.99. The first-order valence-corrected chi connectivity index (χ1v) is 12.0. The van der Waals surface area contributed by atoms with Gasteiger partial charge in [0.05, 0.1) is 16.9 Å². The summed E-state index contributed by atoms with van der Waals surface area (Å²) in [6.07, 6.45) is 0. The Labute approximate surface area is 210 Å². The summed E-state index contributed by atoms with van der Waals surface area (Å²) in [5.74, 6) is -2.02. The molecule has 6 rings (SSSR count). The van der Waals surface area contributed by atoms with Gasteiger partial charge in [0, 0.05) is 32.0 Å². The summed E-state index contributed by atoms with van der Waals surface area (Å²) in [6, 6.07) is 26.0. The average Bonchev–Trinajstić information content (AvgIpc) is 2.92. The number of nitrogens with zero attached hydrogens (tertiary/aromatic N) is 1. The fraction of sp³-hybridized carbons (Fsp3) is 0.0345. The minimum atomic E-state index is -0.839. The summed E-state index contributed by atoms with van der Waals surface area (Å²) >= 11 is 1.56. The van der Waals surface area contributed by atoms with Crippen LogP contribution in [-0.4, -0.2) is 30.0 Å². The molecule has 1 amide bonds. The molecule has 4 aromatic rings. The van der Waals surface area contributed by atoms with E-state index in [-0.39, 0.29) is 28.0 Å². The number of esters is 1. The Balaban J connectivity index is 1.29. The van der Waals surface area contributed by atoms with Crippen LogP contribution in [0.3, 0.4) is 0 Å². The van der Waals surface area contributed by atoms with E-state index in [1.807, 2.05) is 48.5 Å². The van der Waals surface area contributed by atoms with E-state index in [2.05, 4.69) is 0 Å². The van der Waals surface area contributed by atoms with E-state index in [1.54, 1.807) is 40.9 Å². The smallest absolute Gasteiger partial charge is 0.339 e. The topological polar surface area (TPSA) is 80.8 Å². The van der Waals surface area contributed by atoms with Crippen molar-refractivity contribution in [3.8, 4) is 0 Å². The molecule has 36 heavy (non-hydrogen) atoms. The van der Waals surface area contributed by atoms with Crippen LogP contribution in [0, 0.1) is 0 Å². The minimum Gasteiger partial charge on any atom is -0.452 e. The Bertz CT molecular complexity index is 1560. The van der Waals surface area contributed by atoms with E-state index in [1.165, 1.54) is 18.2 Å². The van der Waals surface area contributed by atoms with Crippen LogP contribution in [0.5, 0.6) is 0 Å². The molecule has 7 heteroatoms. The van der Waals surface area contributed by atoms with Gasteiger partial charge in [-0.25, -0.2) is 4.79 Å². The predicted molar refractivity (Wildman–Crippen MR) is 134 cm³/mol. The lowest BCUT2D eigenvalue weighted by atomic mass is 9.82. The second-order valence-corrected chi connectivity index (χ2v) is 9.36. The number of para-hydroxylation sites is 2. The maximum absolute atomic E-state index is 13.3. The number of carbonyl (C=O) groups excluding carboxylic acids is 4. The van der Waals surface area contributed by atoms with Gasteiger partial charge in [0.2, 0.25) is 0 Å². The molecule has 0 unspecified atom stereocenters. The van der Waals surface area contributed by atoms with Crippen LogP contribution < -0.4 is 4.90 Å². The summed E-state index contributed by atoms with van der Waals surface area (Å²) in [7, 11) is 0. The van der Waals surface area contributed by atoms with Gasteiger partial charge in [-0.15, -0.1) is 0 Å². The first-order chi connectivity index (χ1) is 17.5. The van der Waals surface area contributed by atoms with E-state index in [9.17, 15) is 19.2 Å². The number of fused-ring (bicyclic) bond motifs is 4. The molecule has 174 valence electrons.